The average molecular weight is 378 g/mol. The van der Waals surface area contributed by atoms with Crippen molar-refractivity contribution in [1.82, 2.24) is 25.2 Å². The molecule has 28 heavy (non-hydrogen) atoms. The van der Waals surface area contributed by atoms with Crippen LogP contribution in [0, 0.1) is 0 Å². The molecule has 0 bridgehead atoms. The van der Waals surface area contributed by atoms with Crippen LogP contribution in [-0.4, -0.2) is 46.1 Å². The SMILES string of the molecule is c1cnn(C2(c3nc(-c4ccc(N5CCCCC5)cc4)no3)CCNCC2)c1. The molecule has 4 heterocycles. The third-order valence-corrected chi connectivity index (χ3v) is 6.04. The number of hydrogen-bond acceptors (Lipinski definition) is 6. The molecule has 1 aromatic carbocycles. The second-order valence-corrected chi connectivity index (χ2v) is 7.75. The van der Waals surface area contributed by atoms with Crippen LogP contribution >= 0.6 is 0 Å². The van der Waals surface area contributed by atoms with Crippen molar-refractivity contribution in [2.75, 3.05) is 31.1 Å². The summed E-state index contributed by atoms with van der Waals surface area (Å²) in [6.07, 6.45) is 9.45. The van der Waals surface area contributed by atoms with Crippen molar-refractivity contribution in [2.24, 2.45) is 0 Å². The summed E-state index contributed by atoms with van der Waals surface area (Å²) >= 11 is 0. The zero-order valence-corrected chi connectivity index (χ0v) is 16.0. The standard InChI is InChI=1S/C21H26N6O/c1-2-14-26(15-3-1)18-7-5-17(6-8-18)19-24-20(28-25-19)21(9-12-22-13-10-21)27-16-4-11-23-27/h4-8,11,16,22H,1-3,9-10,12-15H2. The molecule has 2 aromatic heterocycles. The van der Waals surface area contributed by atoms with Crippen molar-refractivity contribution in [3.63, 3.8) is 0 Å². The van der Waals surface area contributed by atoms with Gasteiger partial charge in [-0.3, -0.25) is 4.68 Å². The van der Waals surface area contributed by atoms with E-state index in [0.717, 1.165) is 44.6 Å². The molecule has 7 heteroatoms. The second-order valence-electron chi connectivity index (χ2n) is 7.75. The van der Waals surface area contributed by atoms with Gasteiger partial charge in [0.25, 0.3) is 5.89 Å². The van der Waals surface area contributed by atoms with E-state index in [1.807, 2.05) is 16.9 Å². The number of nitrogens with one attached hydrogen (secondary N) is 1. The third-order valence-electron chi connectivity index (χ3n) is 6.04. The number of nitrogens with zero attached hydrogens (tertiary/aromatic N) is 5. The summed E-state index contributed by atoms with van der Waals surface area (Å²) in [6.45, 7) is 4.10. The summed E-state index contributed by atoms with van der Waals surface area (Å²) in [5.41, 5.74) is 1.90. The van der Waals surface area contributed by atoms with Crippen molar-refractivity contribution in [1.29, 1.82) is 0 Å². The van der Waals surface area contributed by atoms with Gasteiger partial charge in [0.2, 0.25) is 5.82 Å². The van der Waals surface area contributed by atoms with Crippen LogP contribution in [0.15, 0.2) is 47.2 Å². The number of anilines is 1. The van der Waals surface area contributed by atoms with Crippen molar-refractivity contribution in [3.8, 4) is 11.4 Å². The summed E-state index contributed by atoms with van der Waals surface area (Å²) in [5, 5.41) is 12.2. The van der Waals surface area contributed by atoms with E-state index in [1.165, 1.54) is 24.9 Å². The molecule has 7 nitrogen and oxygen atoms in total. The fourth-order valence-electron chi connectivity index (χ4n) is 4.41. The molecular weight excluding hydrogens is 352 g/mol. The monoisotopic (exact) mass is 378 g/mol. The Kier molecular flexibility index (Phi) is 4.60. The Balaban J connectivity index is 1.42. The zero-order valence-electron chi connectivity index (χ0n) is 16.0. The lowest BCUT2D eigenvalue weighted by atomic mass is 9.88. The Bertz CT molecular complexity index is 889. The van der Waals surface area contributed by atoms with Crippen molar-refractivity contribution in [3.05, 3.63) is 48.6 Å². The van der Waals surface area contributed by atoms with Gasteiger partial charge in [-0.2, -0.15) is 10.1 Å². The van der Waals surface area contributed by atoms with Gasteiger partial charge in [-0.1, -0.05) is 5.16 Å². The molecule has 2 saturated heterocycles. The van der Waals surface area contributed by atoms with Gasteiger partial charge in [0.1, 0.15) is 5.54 Å². The van der Waals surface area contributed by atoms with E-state index in [4.69, 9.17) is 9.51 Å². The first-order chi connectivity index (χ1) is 13.9. The molecule has 1 N–H and O–H groups in total. The number of benzene rings is 1. The Morgan fingerprint density at radius 2 is 1.79 bits per heavy atom. The number of aromatic nitrogens is 4. The molecule has 146 valence electrons. The Morgan fingerprint density at radius 1 is 1.00 bits per heavy atom. The van der Waals surface area contributed by atoms with Crippen LogP contribution in [0.3, 0.4) is 0 Å². The molecule has 0 unspecified atom stereocenters. The van der Waals surface area contributed by atoms with Gasteiger partial charge in [0.05, 0.1) is 0 Å². The maximum Gasteiger partial charge on any atom is 0.255 e. The second kappa shape index (κ2) is 7.39. The molecule has 0 atom stereocenters. The van der Waals surface area contributed by atoms with E-state index < -0.39 is 0 Å². The van der Waals surface area contributed by atoms with Crippen LogP contribution in [0.1, 0.15) is 38.0 Å². The maximum atomic E-state index is 5.77. The van der Waals surface area contributed by atoms with Gasteiger partial charge in [-0.15, -0.1) is 0 Å². The molecular formula is C21H26N6O. The molecule has 0 aliphatic carbocycles. The Hall–Kier alpha value is -2.67. The van der Waals surface area contributed by atoms with E-state index in [0.29, 0.717) is 11.7 Å². The first kappa shape index (κ1) is 17.4. The van der Waals surface area contributed by atoms with E-state index in [2.05, 4.69) is 44.7 Å². The highest BCUT2D eigenvalue weighted by molar-refractivity contribution is 5.60. The first-order valence-electron chi connectivity index (χ1n) is 10.3. The summed E-state index contributed by atoms with van der Waals surface area (Å²) < 4.78 is 7.75. The minimum absolute atomic E-state index is 0.367. The van der Waals surface area contributed by atoms with Gasteiger partial charge in [-0.25, -0.2) is 0 Å². The minimum atomic E-state index is -0.367. The van der Waals surface area contributed by atoms with Gasteiger partial charge in [0, 0.05) is 36.7 Å². The van der Waals surface area contributed by atoms with Crippen LogP contribution in [0.4, 0.5) is 5.69 Å². The molecule has 2 aliphatic heterocycles. The zero-order chi connectivity index (χ0) is 18.8. The van der Waals surface area contributed by atoms with Crippen LogP contribution in [-0.2, 0) is 5.54 Å². The van der Waals surface area contributed by atoms with Gasteiger partial charge < -0.3 is 14.7 Å². The van der Waals surface area contributed by atoms with Crippen molar-refractivity contribution < 1.29 is 4.52 Å². The van der Waals surface area contributed by atoms with E-state index in [-0.39, 0.29) is 5.54 Å². The van der Waals surface area contributed by atoms with Crippen LogP contribution in [0.25, 0.3) is 11.4 Å². The summed E-state index contributed by atoms with van der Waals surface area (Å²) in [6, 6.07) is 10.5. The molecule has 0 saturated carbocycles. The molecule has 0 amide bonds. The fraction of sp³-hybridized carbons (Fsp3) is 0.476. The highest BCUT2D eigenvalue weighted by Crippen LogP contribution is 2.34. The van der Waals surface area contributed by atoms with Crippen LogP contribution in [0.2, 0.25) is 0 Å². The smallest absolute Gasteiger partial charge is 0.255 e. The van der Waals surface area contributed by atoms with Gasteiger partial charge in [0.15, 0.2) is 0 Å². The predicted molar refractivity (Wildman–Crippen MR) is 107 cm³/mol. The van der Waals surface area contributed by atoms with E-state index in [9.17, 15) is 0 Å². The first-order valence-corrected chi connectivity index (χ1v) is 10.3. The molecule has 2 fully saturated rings. The lowest BCUT2D eigenvalue weighted by Crippen LogP contribution is -2.45. The summed E-state index contributed by atoms with van der Waals surface area (Å²) in [7, 11) is 0. The van der Waals surface area contributed by atoms with E-state index in [1.54, 1.807) is 6.20 Å². The Labute approximate surface area is 164 Å². The van der Waals surface area contributed by atoms with E-state index >= 15 is 0 Å². The van der Waals surface area contributed by atoms with Gasteiger partial charge in [-0.05, 0) is 75.5 Å². The number of piperidine rings is 2. The third kappa shape index (κ3) is 3.09. The largest absolute Gasteiger partial charge is 0.372 e. The van der Waals surface area contributed by atoms with Crippen LogP contribution < -0.4 is 10.2 Å². The lowest BCUT2D eigenvalue weighted by Gasteiger charge is -2.34. The molecule has 2 aliphatic rings. The molecule has 5 rings (SSSR count). The van der Waals surface area contributed by atoms with Crippen LogP contribution in [0.5, 0.6) is 0 Å². The number of hydrogen-bond donors (Lipinski definition) is 1. The van der Waals surface area contributed by atoms with Crippen molar-refractivity contribution >= 4 is 5.69 Å². The summed E-state index contributed by atoms with van der Waals surface area (Å²) in [4.78, 5) is 7.25. The highest BCUT2D eigenvalue weighted by Gasteiger charge is 2.41. The summed E-state index contributed by atoms with van der Waals surface area (Å²) in [5.74, 6) is 1.29. The minimum Gasteiger partial charge on any atom is -0.372 e. The molecule has 3 aromatic rings. The lowest BCUT2D eigenvalue weighted by molar-refractivity contribution is 0.172. The maximum absolute atomic E-state index is 5.77. The van der Waals surface area contributed by atoms with Crippen molar-refractivity contribution in [2.45, 2.75) is 37.6 Å². The average Bonchev–Trinajstić information content (AvgIpc) is 3.48. The topological polar surface area (TPSA) is 72.0 Å². The number of rotatable bonds is 4. The normalized spacial score (nSPS) is 19.6. The fourth-order valence-corrected chi connectivity index (χ4v) is 4.41. The molecule has 0 radical (unpaired) electrons. The van der Waals surface area contributed by atoms with Gasteiger partial charge >= 0.3 is 0 Å². The molecule has 0 spiro atoms. The highest BCUT2D eigenvalue weighted by atomic mass is 16.5. The quantitative estimate of drug-likeness (QED) is 0.752. The predicted octanol–water partition coefficient (Wildman–Crippen LogP) is 3.05. The Morgan fingerprint density at radius 3 is 2.50 bits per heavy atom.